The number of nitrogens with zero attached hydrogens (tertiary/aromatic N) is 2. The van der Waals surface area contributed by atoms with Gasteiger partial charge in [0, 0.05) is 5.56 Å². The summed E-state index contributed by atoms with van der Waals surface area (Å²) in [6.07, 6.45) is -0.0753. The number of rotatable bonds is 3. The number of carboxylic acids is 1. The van der Waals surface area contributed by atoms with Gasteiger partial charge in [-0.25, -0.2) is 21.9 Å². The van der Waals surface area contributed by atoms with Gasteiger partial charge in [0.05, 0.1) is 17.0 Å². The third-order valence-corrected chi connectivity index (χ3v) is 3.33. The molecule has 0 amide bonds. The Morgan fingerprint density at radius 2 is 1.95 bits per heavy atom. The molecule has 2 N–H and O–H groups in total. The van der Waals surface area contributed by atoms with Gasteiger partial charge in [-0.3, -0.25) is 0 Å². The zero-order valence-electron chi connectivity index (χ0n) is 11.9. The van der Waals surface area contributed by atoms with E-state index in [1.54, 1.807) is 22.7 Å². The van der Waals surface area contributed by atoms with Crippen molar-refractivity contribution < 1.29 is 47.7 Å². The van der Waals surface area contributed by atoms with E-state index in [0.717, 1.165) is 11.1 Å². The maximum Gasteiger partial charge on any atom is 3.00 e. The summed E-state index contributed by atoms with van der Waals surface area (Å²) in [4.78, 5) is 15.6. The van der Waals surface area contributed by atoms with Gasteiger partial charge in [0.15, 0.2) is 6.10 Å². The first-order valence-electron chi connectivity index (χ1n) is 6.44. The van der Waals surface area contributed by atoms with E-state index in [0.29, 0.717) is 11.3 Å². The Labute approximate surface area is 152 Å². The smallest absolute Gasteiger partial charge is 0.479 e. The second kappa shape index (κ2) is 6.69. The zero-order valence-corrected chi connectivity index (χ0v) is 14.7. The fourth-order valence-electron chi connectivity index (χ4n) is 2.26. The Morgan fingerprint density at radius 3 is 2.59 bits per heavy atom. The first-order valence-corrected chi connectivity index (χ1v) is 6.44. The van der Waals surface area contributed by atoms with Crippen molar-refractivity contribution in [3.8, 4) is 11.3 Å². The predicted octanol–water partition coefficient (Wildman–Crippen LogP) is 2.23. The van der Waals surface area contributed by atoms with Gasteiger partial charge in [-0.2, -0.15) is 6.07 Å². The molecule has 2 heterocycles. The standard InChI is InChI=1S/C16H13N2O3.Y/c1-10-5-7-11(8-6-10)13-14(15(19)16(20)21)18-9-3-2-4-12(18)17-13;/h2,4-9,15,19H,1H3,(H,20,21);/q-1;+3. The fourth-order valence-corrected chi connectivity index (χ4v) is 2.26. The molecule has 2 aromatic heterocycles. The fraction of sp³-hybridized carbons (Fsp3) is 0.125. The molecular formula is C16H13N2O3Y+2. The third kappa shape index (κ3) is 2.97. The number of hydrogen-bond donors (Lipinski definition) is 2. The summed E-state index contributed by atoms with van der Waals surface area (Å²) in [5.41, 5.74) is 3.12. The number of imidazole rings is 1. The van der Waals surface area contributed by atoms with E-state index in [1.807, 2.05) is 31.2 Å². The van der Waals surface area contributed by atoms with Crippen LogP contribution in [0.3, 0.4) is 0 Å². The van der Waals surface area contributed by atoms with Gasteiger partial charge in [-0.15, -0.1) is 0 Å². The van der Waals surface area contributed by atoms with Crippen molar-refractivity contribution in [3.05, 3.63) is 59.9 Å². The van der Waals surface area contributed by atoms with Gasteiger partial charge in [0.1, 0.15) is 0 Å². The van der Waals surface area contributed by atoms with E-state index in [2.05, 4.69) is 11.1 Å². The van der Waals surface area contributed by atoms with Crippen molar-refractivity contribution in [3.63, 3.8) is 0 Å². The molecule has 0 saturated carbocycles. The molecule has 0 spiro atoms. The van der Waals surface area contributed by atoms with E-state index in [4.69, 9.17) is 5.11 Å². The second-order valence-corrected chi connectivity index (χ2v) is 4.81. The molecule has 0 aliphatic heterocycles. The van der Waals surface area contributed by atoms with E-state index >= 15 is 0 Å². The van der Waals surface area contributed by atoms with Crippen LogP contribution in [0.2, 0.25) is 0 Å². The van der Waals surface area contributed by atoms with E-state index in [9.17, 15) is 9.90 Å². The van der Waals surface area contributed by atoms with E-state index in [1.165, 1.54) is 0 Å². The Morgan fingerprint density at radius 1 is 1.27 bits per heavy atom. The molecule has 3 aromatic rings. The maximum atomic E-state index is 11.2. The number of pyridine rings is 1. The summed E-state index contributed by atoms with van der Waals surface area (Å²) in [6, 6.07) is 13.8. The van der Waals surface area contributed by atoms with Crippen molar-refractivity contribution in [2.45, 2.75) is 13.0 Å². The topological polar surface area (TPSA) is 74.8 Å². The van der Waals surface area contributed by atoms with Crippen LogP contribution in [0.25, 0.3) is 16.9 Å². The number of aliphatic carboxylic acids is 1. The third-order valence-electron chi connectivity index (χ3n) is 3.33. The molecule has 1 aromatic carbocycles. The van der Waals surface area contributed by atoms with Gasteiger partial charge in [-0.05, 0) is 6.92 Å². The van der Waals surface area contributed by atoms with Crippen LogP contribution in [0.15, 0.2) is 42.6 Å². The second-order valence-electron chi connectivity index (χ2n) is 4.81. The molecule has 0 fully saturated rings. The molecule has 0 bridgehead atoms. The molecule has 106 valence electrons. The first kappa shape index (κ1) is 16.8. The average Bonchev–Trinajstić information content (AvgIpc) is 2.86. The van der Waals surface area contributed by atoms with Gasteiger partial charge in [-0.1, -0.05) is 36.0 Å². The molecule has 3 rings (SSSR count). The minimum absolute atomic E-state index is 0. The van der Waals surface area contributed by atoms with Gasteiger partial charge in [0.25, 0.3) is 0 Å². The van der Waals surface area contributed by atoms with Crippen molar-refractivity contribution in [2.75, 3.05) is 0 Å². The van der Waals surface area contributed by atoms with Crippen molar-refractivity contribution in [1.29, 1.82) is 0 Å². The SMILES string of the molecule is Cc1ccc(-c2nc3cc[c-]cn3c2C(O)C(=O)O)cc1.[Y+3]. The van der Waals surface area contributed by atoms with Crippen LogP contribution in [0, 0.1) is 13.0 Å². The average molecular weight is 370 g/mol. The van der Waals surface area contributed by atoms with Crippen molar-refractivity contribution >= 4 is 11.6 Å². The molecule has 0 aliphatic carbocycles. The van der Waals surface area contributed by atoms with Crippen LogP contribution in [-0.2, 0) is 37.5 Å². The summed E-state index contributed by atoms with van der Waals surface area (Å²) in [5, 5.41) is 19.1. The number of carbonyl (C=O) groups is 1. The predicted molar refractivity (Wildman–Crippen MR) is 76.8 cm³/mol. The summed E-state index contributed by atoms with van der Waals surface area (Å²) in [5.74, 6) is -1.31. The number of aliphatic hydroxyl groups is 1. The van der Waals surface area contributed by atoms with Crippen molar-refractivity contribution in [2.24, 2.45) is 0 Å². The number of carboxylic acid groups (broad SMARTS) is 1. The molecule has 5 nitrogen and oxygen atoms in total. The molecule has 0 aliphatic rings. The normalized spacial score (nSPS) is 11.9. The van der Waals surface area contributed by atoms with Crippen molar-refractivity contribution in [1.82, 2.24) is 9.38 Å². The molecule has 0 radical (unpaired) electrons. The first-order chi connectivity index (χ1) is 10.1. The molecular weight excluding hydrogens is 357 g/mol. The summed E-state index contributed by atoms with van der Waals surface area (Å²) in [6.45, 7) is 1.97. The largest absolute Gasteiger partial charge is 3.00 e. The molecule has 22 heavy (non-hydrogen) atoms. The Bertz CT molecular complexity index is 812. The Kier molecular flexibility index (Phi) is 5.11. The minimum Gasteiger partial charge on any atom is -0.479 e. The number of hydrogen-bond acceptors (Lipinski definition) is 3. The maximum absolute atomic E-state index is 11.2. The quantitative estimate of drug-likeness (QED) is 0.694. The van der Waals surface area contributed by atoms with E-state index in [-0.39, 0.29) is 38.4 Å². The molecule has 6 heteroatoms. The van der Waals surface area contributed by atoms with Gasteiger partial charge in [0.2, 0.25) is 0 Å². The number of aryl methyl sites for hydroxylation is 1. The van der Waals surface area contributed by atoms with Gasteiger partial charge >= 0.3 is 38.7 Å². The van der Waals surface area contributed by atoms with Crippen LogP contribution in [0.5, 0.6) is 0 Å². The van der Waals surface area contributed by atoms with Crippen LogP contribution < -0.4 is 0 Å². The Balaban J connectivity index is 0.00000176. The monoisotopic (exact) mass is 370 g/mol. The van der Waals surface area contributed by atoms with Crippen LogP contribution in [0.4, 0.5) is 0 Å². The molecule has 0 saturated heterocycles. The van der Waals surface area contributed by atoms with Crippen LogP contribution in [0.1, 0.15) is 17.4 Å². The summed E-state index contributed by atoms with van der Waals surface area (Å²) >= 11 is 0. The Hall–Kier alpha value is -1.56. The summed E-state index contributed by atoms with van der Waals surface area (Å²) in [7, 11) is 0. The molecule has 1 atom stereocenters. The summed E-state index contributed by atoms with van der Waals surface area (Å²) < 4.78 is 1.55. The number of fused-ring (bicyclic) bond motifs is 1. The number of benzene rings is 1. The van der Waals surface area contributed by atoms with Crippen LogP contribution >= 0.6 is 0 Å². The van der Waals surface area contributed by atoms with E-state index < -0.39 is 12.1 Å². The number of aromatic nitrogens is 2. The minimum atomic E-state index is -1.65. The van der Waals surface area contributed by atoms with Gasteiger partial charge < -0.3 is 14.6 Å². The number of aliphatic hydroxyl groups excluding tert-OH is 1. The van der Waals surface area contributed by atoms with Crippen LogP contribution in [-0.4, -0.2) is 25.6 Å². The molecule has 1 unspecified atom stereocenters. The zero-order chi connectivity index (χ0) is 15.0.